The Kier molecular flexibility index (Phi) is 6.71. The quantitative estimate of drug-likeness (QED) is 0.639. The van der Waals surface area contributed by atoms with Gasteiger partial charge in [-0.1, -0.05) is 26.0 Å². The monoisotopic (exact) mass is 454 g/mol. The second kappa shape index (κ2) is 8.78. The molecule has 3 rings (SSSR count). The first-order valence-electron chi connectivity index (χ1n) is 10.2. The molecule has 8 nitrogen and oxygen atoms in total. The Hall–Kier alpha value is -1.75. The van der Waals surface area contributed by atoms with Crippen LogP contribution >= 0.6 is 0 Å². The van der Waals surface area contributed by atoms with Crippen LogP contribution in [0.15, 0.2) is 40.3 Å². The summed E-state index contributed by atoms with van der Waals surface area (Å²) in [6.07, 6.45) is 2.43. The molecule has 30 heavy (non-hydrogen) atoms. The van der Waals surface area contributed by atoms with Crippen LogP contribution in [0.4, 0.5) is 0 Å². The van der Waals surface area contributed by atoms with Gasteiger partial charge in [-0.15, -0.1) is 0 Å². The SMILES string of the molecule is CCn1cc(S(=O)(=O)N2CCN(S(=O)(=O)c3ccc(CC(C)C)cc3)CC2)c(C)n1. The average Bonchev–Trinajstić information content (AvgIpc) is 3.10. The zero-order valence-corrected chi connectivity index (χ0v) is 19.6. The van der Waals surface area contributed by atoms with E-state index in [9.17, 15) is 16.8 Å². The van der Waals surface area contributed by atoms with Gasteiger partial charge in [-0.05, 0) is 43.9 Å². The maximum Gasteiger partial charge on any atom is 0.246 e. The Morgan fingerprint density at radius 1 is 0.933 bits per heavy atom. The Balaban J connectivity index is 1.72. The van der Waals surface area contributed by atoms with E-state index in [1.807, 2.05) is 19.1 Å². The van der Waals surface area contributed by atoms with E-state index < -0.39 is 20.0 Å². The molecule has 0 radical (unpaired) electrons. The summed E-state index contributed by atoms with van der Waals surface area (Å²) in [5.74, 6) is 0.496. The van der Waals surface area contributed by atoms with Gasteiger partial charge < -0.3 is 0 Å². The zero-order chi connectivity index (χ0) is 22.1. The molecule has 0 atom stereocenters. The molecular formula is C20H30N4O4S2. The van der Waals surface area contributed by atoms with E-state index in [4.69, 9.17) is 0 Å². The van der Waals surface area contributed by atoms with Gasteiger partial charge in [0.15, 0.2) is 0 Å². The maximum atomic E-state index is 13.0. The molecule has 0 spiro atoms. The van der Waals surface area contributed by atoms with E-state index in [1.54, 1.807) is 23.7 Å². The highest BCUT2D eigenvalue weighted by atomic mass is 32.2. The number of aryl methyl sites for hydroxylation is 2. The van der Waals surface area contributed by atoms with Crippen LogP contribution in [0.5, 0.6) is 0 Å². The molecule has 1 aliphatic rings. The molecule has 0 bridgehead atoms. The summed E-state index contributed by atoms with van der Waals surface area (Å²) in [6.45, 7) is 8.85. The lowest BCUT2D eigenvalue weighted by molar-refractivity contribution is 0.272. The molecule has 0 unspecified atom stereocenters. The van der Waals surface area contributed by atoms with Crippen molar-refractivity contribution in [2.24, 2.45) is 5.92 Å². The van der Waals surface area contributed by atoms with Crippen LogP contribution in [-0.4, -0.2) is 61.4 Å². The van der Waals surface area contributed by atoms with E-state index in [0.717, 1.165) is 12.0 Å². The average molecular weight is 455 g/mol. The predicted molar refractivity (Wildman–Crippen MR) is 115 cm³/mol. The highest BCUT2D eigenvalue weighted by Crippen LogP contribution is 2.24. The molecule has 2 heterocycles. The van der Waals surface area contributed by atoms with E-state index in [2.05, 4.69) is 18.9 Å². The minimum absolute atomic E-state index is 0.115. The van der Waals surface area contributed by atoms with Crippen molar-refractivity contribution >= 4 is 20.0 Å². The summed E-state index contributed by atoms with van der Waals surface area (Å²) in [4.78, 5) is 0.424. The minimum atomic E-state index is -3.70. The van der Waals surface area contributed by atoms with Crippen LogP contribution in [0.2, 0.25) is 0 Å². The third-order valence-electron chi connectivity index (χ3n) is 5.25. The van der Waals surface area contributed by atoms with Gasteiger partial charge in [0.25, 0.3) is 0 Å². The Labute approximate surface area is 179 Å². The van der Waals surface area contributed by atoms with Crippen molar-refractivity contribution in [1.29, 1.82) is 0 Å². The van der Waals surface area contributed by atoms with Crippen molar-refractivity contribution in [3.8, 4) is 0 Å². The van der Waals surface area contributed by atoms with Crippen molar-refractivity contribution in [2.75, 3.05) is 26.2 Å². The van der Waals surface area contributed by atoms with Gasteiger partial charge in [-0.25, -0.2) is 16.8 Å². The molecule has 1 aliphatic heterocycles. The first-order chi connectivity index (χ1) is 14.1. The molecule has 1 aromatic heterocycles. The van der Waals surface area contributed by atoms with Gasteiger partial charge in [0.2, 0.25) is 20.0 Å². The molecule has 0 N–H and O–H groups in total. The van der Waals surface area contributed by atoms with Gasteiger partial charge in [-0.2, -0.15) is 13.7 Å². The molecule has 166 valence electrons. The smallest absolute Gasteiger partial charge is 0.246 e. The minimum Gasteiger partial charge on any atom is -0.271 e. The van der Waals surface area contributed by atoms with Crippen LogP contribution in [0.3, 0.4) is 0 Å². The Morgan fingerprint density at radius 2 is 1.47 bits per heavy atom. The van der Waals surface area contributed by atoms with Crippen molar-refractivity contribution < 1.29 is 16.8 Å². The lowest BCUT2D eigenvalue weighted by Gasteiger charge is -2.33. The summed E-state index contributed by atoms with van der Waals surface area (Å²) in [7, 11) is -7.36. The second-order valence-corrected chi connectivity index (χ2v) is 11.8. The number of hydrogen-bond acceptors (Lipinski definition) is 5. The van der Waals surface area contributed by atoms with Gasteiger partial charge in [0.05, 0.1) is 10.6 Å². The molecule has 0 amide bonds. The highest BCUT2D eigenvalue weighted by Gasteiger charge is 2.35. The third-order valence-corrected chi connectivity index (χ3v) is 9.16. The van der Waals surface area contributed by atoms with Crippen molar-refractivity contribution in [2.45, 2.75) is 50.5 Å². The lowest BCUT2D eigenvalue weighted by atomic mass is 10.0. The van der Waals surface area contributed by atoms with Crippen LogP contribution in [0.1, 0.15) is 32.0 Å². The molecular weight excluding hydrogens is 424 g/mol. The van der Waals surface area contributed by atoms with Crippen LogP contribution in [-0.2, 0) is 33.0 Å². The highest BCUT2D eigenvalue weighted by molar-refractivity contribution is 7.89. The third kappa shape index (κ3) is 4.61. The molecule has 1 fully saturated rings. The normalized spacial score (nSPS) is 17.0. The molecule has 2 aromatic rings. The zero-order valence-electron chi connectivity index (χ0n) is 17.9. The second-order valence-electron chi connectivity index (χ2n) is 7.98. The number of benzene rings is 1. The summed E-state index contributed by atoms with van der Waals surface area (Å²) < 4.78 is 56.3. The van der Waals surface area contributed by atoms with Gasteiger partial charge in [0, 0.05) is 38.9 Å². The molecule has 0 saturated carbocycles. The topological polar surface area (TPSA) is 92.6 Å². The van der Waals surface area contributed by atoms with Gasteiger partial charge >= 0.3 is 0 Å². The van der Waals surface area contributed by atoms with E-state index in [-0.39, 0.29) is 36.0 Å². The van der Waals surface area contributed by atoms with Crippen LogP contribution < -0.4 is 0 Å². The largest absolute Gasteiger partial charge is 0.271 e. The van der Waals surface area contributed by atoms with E-state index in [1.165, 1.54) is 14.8 Å². The summed E-state index contributed by atoms with van der Waals surface area (Å²) in [5.41, 5.74) is 1.55. The molecule has 10 heteroatoms. The summed E-state index contributed by atoms with van der Waals surface area (Å²) in [6, 6.07) is 6.97. The van der Waals surface area contributed by atoms with Crippen molar-refractivity contribution in [3.05, 3.63) is 41.7 Å². The first-order valence-corrected chi connectivity index (χ1v) is 13.1. The van der Waals surface area contributed by atoms with Crippen molar-refractivity contribution in [1.82, 2.24) is 18.4 Å². The number of sulfonamides is 2. The summed E-state index contributed by atoms with van der Waals surface area (Å²) in [5, 5.41) is 4.21. The maximum absolute atomic E-state index is 13.0. The van der Waals surface area contributed by atoms with Crippen LogP contribution in [0.25, 0.3) is 0 Å². The Morgan fingerprint density at radius 3 is 1.93 bits per heavy atom. The number of rotatable bonds is 7. The lowest BCUT2D eigenvalue weighted by Crippen LogP contribution is -2.50. The molecule has 0 aliphatic carbocycles. The fourth-order valence-corrected chi connectivity index (χ4v) is 6.64. The van der Waals surface area contributed by atoms with Gasteiger partial charge in [-0.3, -0.25) is 4.68 Å². The van der Waals surface area contributed by atoms with Crippen LogP contribution in [0, 0.1) is 12.8 Å². The predicted octanol–water partition coefficient (Wildman–Crippen LogP) is 2.11. The van der Waals surface area contributed by atoms with Crippen molar-refractivity contribution in [3.63, 3.8) is 0 Å². The van der Waals surface area contributed by atoms with Gasteiger partial charge in [0.1, 0.15) is 4.90 Å². The first kappa shape index (κ1) is 22.9. The fraction of sp³-hybridized carbons (Fsp3) is 0.550. The Bertz CT molecular complexity index is 1080. The standard InChI is InChI=1S/C20H30N4O4S2/c1-5-22-15-20(17(4)21-22)30(27,28)24-12-10-23(11-13-24)29(25,26)19-8-6-18(7-9-19)14-16(2)3/h6-9,15-16H,5,10-14H2,1-4H3. The molecule has 1 saturated heterocycles. The number of hydrogen-bond donors (Lipinski definition) is 0. The number of nitrogens with zero attached hydrogens (tertiary/aromatic N) is 4. The number of aromatic nitrogens is 2. The number of piperazine rings is 1. The summed E-state index contributed by atoms with van der Waals surface area (Å²) >= 11 is 0. The molecule has 1 aromatic carbocycles. The fourth-order valence-electron chi connectivity index (χ4n) is 3.62. The van der Waals surface area contributed by atoms with E-state index in [0.29, 0.717) is 18.2 Å². The van der Waals surface area contributed by atoms with E-state index >= 15 is 0 Å².